The minimum absolute atomic E-state index is 0.319. The minimum Gasteiger partial charge on any atom is -0.256 e. The van der Waals surface area contributed by atoms with Gasteiger partial charge in [0.25, 0.3) is 0 Å². The number of hydrogen-bond donors (Lipinski definition) is 0. The number of rotatable bonds is 2. The number of aromatic nitrogens is 1. The molecule has 0 fully saturated rings. The van der Waals surface area contributed by atoms with Crippen molar-refractivity contribution in [2.75, 3.05) is 0 Å². The van der Waals surface area contributed by atoms with E-state index in [1.165, 1.54) is 0 Å². The summed E-state index contributed by atoms with van der Waals surface area (Å²) in [4.78, 5) is 8.67. The third-order valence-corrected chi connectivity index (χ3v) is 3.54. The molecule has 2 aromatic carbocycles. The standard InChI is InChI=1S/C16H10Cl2N2/c17-14-9-12-8-13(6-7-15(12)20-16(14)18)19-10-11-4-2-1-3-5-11/h1-10H. The smallest absolute Gasteiger partial charge is 0.148 e. The van der Waals surface area contributed by atoms with Crippen molar-refractivity contribution in [2.45, 2.75) is 0 Å². The van der Waals surface area contributed by atoms with Gasteiger partial charge in [-0.2, -0.15) is 0 Å². The lowest BCUT2D eigenvalue weighted by Gasteiger charge is -2.01. The van der Waals surface area contributed by atoms with Crippen molar-refractivity contribution in [1.82, 2.24) is 4.98 Å². The van der Waals surface area contributed by atoms with Gasteiger partial charge in [0, 0.05) is 11.6 Å². The zero-order valence-corrected chi connectivity index (χ0v) is 11.9. The summed E-state index contributed by atoms with van der Waals surface area (Å²) in [6.07, 6.45) is 1.83. The highest BCUT2D eigenvalue weighted by Crippen LogP contribution is 2.27. The number of benzene rings is 2. The molecule has 4 heteroatoms. The maximum atomic E-state index is 5.98. The summed E-state index contributed by atoms with van der Waals surface area (Å²) in [5.74, 6) is 0. The highest BCUT2D eigenvalue weighted by atomic mass is 35.5. The molecule has 0 aliphatic carbocycles. The molecule has 0 spiro atoms. The van der Waals surface area contributed by atoms with Crippen LogP contribution in [0.3, 0.4) is 0 Å². The third kappa shape index (κ3) is 2.82. The molecule has 0 aliphatic rings. The molecule has 20 heavy (non-hydrogen) atoms. The van der Waals surface area contributed by atoms with Crippen LogP contribution in [0.5, 0.6) is 0 Å². The van der Waals surface area contributed by atoms with E-state index in [9.17, 15) is 0 Å². The monoisotopic (exact) mass is 300 g/mol. The summed E-state index contributed by atoms with van der Waals surface area (Å²) in [6.45, 7) is 0. The van der Waals surface area contributed by atoms with Crippen LogP contribution in [0, 0.1) is 0 Å². The van der Waals surface area contributed by atoms with Gasteiger partial charge in [0.2, 0.25) is 0 Å². The zero-order chi connectivity index (χ0) is 13.9. The van der Waals surface area contributed by atoms with Crippen molar-refractivity contribution in [2.24, 2.45) is 4.99 Å². The average molecular weight is 301 g/mol. The largest absolute Gasteiger partial charge is 0.256 e. The first-order valence-electron chi connectivity index (χ1n) is 6.07. The molecule has 3 aromatic rings. The van der Waals surface area contributed by atoms with Crippen LogP contribution in [-0.2, 0) is 0 Å². The predicted molar refractivity (Wildman–Crippen MR) is 85.5 cm³/mol. The maximum absolute atomic E-state index is 5.98. The van der Waals surface area contributed by atoms with Gasteiger partial charge in [-0.05, 0) is 29.8 Å². The van der Waals surface area contributed by atoms with Gasteiger partial charge in [0.1, 0.15) is 5.15 Å². The molecule has 0 saturated heterocycles. The Labute approximate surface area is 126 Å². The number of pyridine rings is 1. The Morgan fingerprint density at radius 2 is 1.75 bits per heavy atom. The molecular weight excluding hydrogens is 291 g/mol. The predicted octanol–water partition coefficient (Wildman–Crippen LogP) is 5.29. The first kappa shape index (κ1) is 13.1. The van der Waals surface area contributed by atoms with E-state index in [1.807, 2.05) is 54.7 Å². The Hall–Kier alpha value is -1.90. The van der Waals surface area contributed by atoms with Crippen molar-refractivity contribution in [3.8, 4) is 0 Å². The number of halogens is 2. The number of aliphatic imine (C=N–C) groups is 1. The van der Waals surface area contributed by atoms with Crippen molar-refractivity contribution in [1.29, 1.82) is 0 Å². The molecule has 0 aliphatic heterocycles. The van der Waals surface area contributed by atoms with E-state index < -0.39 is 0 Å². The Kier molecular flexibility index (Phi) is 3.68. The number of fused-ring (bicyclic) bond motifs is 1. The fraction of sp³-hybridized carbons (Fsp3) is 0. The first-order valence-corrected chi connectivity index (χ1v) is 6.83. The average Bonchev–Trinajstić information content (AvgIpc) is 2.47. The summed E-state index contributed by atoms with van der Waals surface area (Å²) in [5.41, 5.74) is 2.71. The highest BCUT2D eigenvalue weighted by Gasteiger charge is 2.03. The second-order valence-corrected chi connectivity index (χ2v) is 5.07. The Morgan fingerprint density at radius 3 is 2.55 bits per heavy atom. The minimum atomic E-state index is 0.319. The fourth-order valence-electron chi connectivity index (χ4n) is 1.88. The number of nitrogens with zero attached hydrogens (tertiary/aromatic N) is 2. The van der Waals surface area contributed by atoms with Gasteiger partial charge in [-0.3, -0.25) is 4.99 Å². The van der Waals surface area contributed by atoms with Crippen LogP contribution in [0.2, 0.25) is 10.2 Å². The molecule has 98 valence electrons. The van der Waals surface area contributed by atoms with Gasteiger partial charge >= 0.3 is 0 Å². The van der Waals surface area contributed by atoms with Gasteiger partial charge < -0.3 is 0 Å². The molecule has 0 amide bonds. The van der Waals surface area contributed by atoms with Crippen LogP contribution in [0.15, 0.2) is 59.6 Å². The molecule has 0 unspecified atom stereocenters. The normalized spacial score (nSPS) is 11.3. The SMILES string of the molecule is Clc1cc2cc(N=Cc3ccccc3)ccc2nc1Cl. The molecule has 1 aromatic heterocycles. The number of hydrogen-bond acceptors (Lipinski definition) is 2. The van der Waals surface area contributed by atoms with E-state index in [0.717, 1.165) is 22.2 Å². The molecule has 0 bridgehead atoms. The second kappa shape index (κ2) is 5.61. The maximum Gasteiger partial charge on any atom is 0.148 e. The van der Waals surface area contributed by atoms with Crippen molar-refractivity contribution < 1.29 is 0 Å². The third-order valence-electron chi connectivity index (χ3n) is 2.87. The Bertz CT molecular complexity index is 783. The van der Waals surface area contributed by atoms with Crippen LogP contribution in [-0.4, -0.2) is 11.2 Å². The van der Waals surface area contributed by atoms with Crippen LogP contribution >= 0.6 is 23.2 Å². The lowest BCUT2D eigenvalue weighted by molar-refractivity contribution is 1.40. The summed E-state index contributed by atoms with van der Waals surface area (Å²) in [5, 5.41) is 1.69. The highest BCUT2D eigenvalue weighted by molar-refractivity contribution is 6.41. The van der Waals surface area contributed by atoms with E-state index in [4.69, 9.17) is 23.2 Å². The van der Waals surface area contributed by atoms with Gasteiger partial charge in [-0.15, -0.1) is 0 Å². The van der Waals surface area contributed by atoms with Gasteiger partial charge in [0.05, 0.1) is 16.2 Å². The summed E-state index contributed by atoms with van der Waals surface area (Å²) >= 11 is 11.9. The zero-order valence-electron chi connectivity index (χ0n) is 10.4. The summed E-state index contributed by atoms with van der Waals surface area (Å²) in [7, 11) is 0. The van der Waals surface area contributed by atoms with E-state index >= 15 is 0 Å². The molecule has 0 saturated carbocycles. The van der Waals surface area contributed by atoms with E-state index in [-0.39, 0.29) is 0 Å². The van der Waals surface area contributed by atoms with Crippen molar-refractivity contribution >= 4 is 46.0 Å². The van der Waals surface area contributed by atoms with Crippen LogP contribution in [0.25, 0.3) is 10.9 Å². The van der Waals surface area contributed by atoms with E-state index in [0.29, 0.717) is 10.2 Å². The molecule has 0 radical (unpaired) electrons. The molecule has 0 atom stereocenters. The van der Waals surface area contributed by atoms with Crippen molar-refractivity contribution in [3.05, 3.63) is 70.3 Å². The molecule has 3 rings (SSSR count). The molecule has 2 nitrogen and oxygen atoms in total. The Morgan fingerprint density at radius 1 is 0.950 bits per heavy atom. The molecule has 0 N–H and O–H groups in total. The quantitative estimate of drug-likeness (QED) is 0.466. The van der Waals surface area contributed by atoms with Gasteiger partial charge in [0.15, 0.2) is 0 Å². The van der Waals surface area contributed by atoms with Gasteiger partial charge in [-0.1, -0.05) is 53.5 Å². The second-order valence-electron chi connectivity index (χ2n) is 4.31. The molecule has 1 heterocycles. The summed E-state index contributed by atoms with van der Waals surface area (Å²) < 4.78 is 0. The fourth-order valence-corrected chi connectivity index (χ4v) is 2.19. The lowest BCUT2D eigenvalue weighted by atomic mass is 10.2. The lowest BCUT2D eigenvalue weighted by Crippen LogP contribution is -1.82. The Balaban J connectivity index is 1.97. The van der Waals surface area contributed by atoms with Crippen LogP contribution in [0.4, 0.5) is 5.69 Å². The summed E-state index contributed by atoms with van der Waals surface area (Å²) in [6, 6.07) is 17.5. The first-order chi connectivity index (χ1) is 9.72. The van der Waals surface area contributed by atoms with Gasteiger partial charge in [-0.25, -0.2) is 4.98 Å². The topological polar surface area (TPSA) is 25.2 Å². The van der Waals surface area contributed by atoms with Crippen molar-refractivity contribution in [3.63, 3.8) is 0 Å². The van der Waals surface area contributed by atoms with Crippen LogP contribution < -0.4 is 0 Å². The van der Waals surface area contributed by atoms with E-state index in [1.54, 1.807) is 6.07 Å². The van der Waals surface area contributed by atoms with E-state index in [2.05, 4.69) is 9.98 Å². The molecular formula is C16H10Cl2N2. The van der Waals surface area contributed by atoms with Crippen LogP contribution in [0.1, 0.15) is 5.56 Å².